The highest BCUT2D eigenvalue weighted by molar-refractivity contribution is 7.89. The maximum Gasteiger partial charge on any atom is 0.264 e. The van der Waals surface area contributed by atoms with Crippen LogP contribution in [0.4, 0.5) is 0 Å². The average Bonchev–Trinajstić information content (AvgIpc) is 2.73. The van der Waals surface area contributed by atoms with Gasteiger partial charge in [-0.15, -0.1) is 0 Å². The second-order valence-electron chi connectivity index (χ2n) is 6.33. The standard InChI is InChI=1S/C21H16ClN3O5S/c1-29-21-16(4-3-9-24-21)17-10-13(20(26)25-31(2,27)28)6-8-19(17)30-15-7-5-14(12-23)18(22)11-15/h3-11H,1-2H3,(H,25,26). The van der Waals surface area contributed by atoms with E-state index in [4.69, 9.17) is 26.3 Å². The van der Waals surface area contributed by atoms with E-state index in [0.717, 1.165) is 6.26 Å². The zero-order chi connectivity index (χ0) is 22.6. The molecule has 1 N–H and O–H groups in total. The Morgan fingerprint density at radius 2 is 1.94 bits per heavy atom. The van der Waals surface area contributed by atoms with E-state index >= 15 is 0 Å². The fourth-order valence-electron chi connectivity index (χ4n) is 2.73. The van der Waals surface area contributed by atoms with Crippen molar-refractivity contribution in [2.75, 3.05) is 13.4 Å². The van der Waals surface area contributed by atoms with Gasteiger partial charge in [0, 0.05) is 29.0 Å². The molecule has 1 heterocycles. The van der Waals surface area contributed by atoms with Gasteiger partial charge in [-0.05, 0) is 42.5 Å². The fourth-order valence-corrected chi connectivity index (χ4v) is 3.40. The smallest absolute Gasteiger partial charge is 0.264 e. The molecule has 0 aliphatic rings. The van der Waals surface area contributed by atoms with Crippen LogP contribution in [-0.4, -0.2) is 32.7 Å². The summed E-state index contributed by atoms with van der Waals surface area (Å²) in [6, 6.07) is 14.4. The first-order chi connectivity index (χ1) is 14.7. The second kappa shape index (κ2) is 9.04. The molecule has 2 aromatic carbocycles. The lowest BCUT2D eigenvalue weighted by Crippen LogP contribution is -2.29. The van der Waals surface area contributed by atoms with E-state index in [1.807, 2.05) is 10.8 Å². The Morgan fingerprint density at radius 1 is 1.16 bits per heavy atom. The van der Waals surface area contributed by atoms with E-state index < -0.39 is 15.9 Å². The summed E-state index contributed by atoms with van der Waals surface area (Å²) in [4.78, 5) is 16.5. The van der Waals surface area contributed by atoms with Gasteiger partial charge in [0.25, 0.3) is 5.91 Å². The molecule has 10 heteroatoms. The van der Waals surface area contributed by atoms with Crippen LogP contribution in [0.25, 0.3) is 11.1 Å². The SMILES string of the molecule is COc1ncccc1-c1cc(C(=O)NS(C)(=O)=O)ccc1Oc1ccc(C#N)c(Cl)c1. The van der Waals surface area contributed by atoms with Crippen molar-refractivity contribution >= 4 is 27.5 Å². The van der Waals surface area contributed by atoms with Crippen molar-refractivity contribution in [1.82, 2.24) is 9.71 Å². The number of rotatable bonds is 6. The van der Waals surface area contributed by atoms with Crippen LogP contribution in [-0.2, 0) is 10.0 Å². The first kappa shape index (κ1) is 22.1. The molecule has 0 aliphatic heterocycles. The van der Waals surface area contributed by atoms with E-state index in [1.165, 1.54) is 37.4 Å². The monoisotopic (exact) mass is 457 g/mol. The van der Waals surface area contributed by atoms with Crippen molar-refractivity contribution in [2.24, 2.45) is 0 Å². The third-order valence-corrected chi connectivity index (χ3v) is 4.93. The van der Waals surface area contributed by atoms with E-state index in [1.54, 1.807) is 24.4 Å². The number of nitriles is 1. The van der Waals surface area contributed by atoms with Crippen LogP contribution in [0.2, 0.25) is 5.02 Å². The third-order valence-electron chi connectivity index (χ3n) is 4.06. The number of carbonyl (C=O) groups is 1. The summed E-state index contributed by atoms with van der Waals surface area (Å²) in [6.45, 7) is 0. The molecule has 0 spiro atoms. The lowest BCUT2D eigenvalue weighted by Gasteiger charge is -2.15. The first-order valence-electron chi connectivity index (χ1n) is 8.75. The molecule has 1 aromatic heterocycles. The van der Waals surface area contributed by atoms with Gasteiger partial charge in [0.15, 0.2) is 0 Å². The van der Waals surface area contributed by atoms with Gasteiger partial charge in [-0.3, -0.25) is 4.79 Å². The summed E-state index contributed by atoms with van der Waals surface area (Å²) in [7, 11) is -2.29. The minimum absolute atomic E-state index is 0.0940. The minimum Gasteiger partial charge on any atom is -0.481 e. The van der Waals surface area contributed by atoms with Gasteiger partial charge >= 0.3 is 0 Å². The molecular weight excluding hydrogens is 442 g/mol. The number of ether oxygens (including phenoxy) is 2. The maximum atomic E-state index is 12.4. The van der Waals surface area contributed by atoms with Crippen molar-refractivity contribution in [3.63, 3.8) is 0 Å². The molecule has 3 aromatic rings. The van der Waals surface area contributed by atoms with Gasteiger partial charge in [-0.25, -0.2) is 18.1 Å². The van der Waals surface area contributed by atoms with Gasteiger partial charge in [-0.2, -0.15) is 5.26 Å². The number of nitrogens with one attached hydrogen (secondary N) is 1. The van der Waals surface area contributed by atoms with Gasteiger partial charge < -0.3 is 9.47 Å². The van der Waals surface area contributed by atoms with Crippen LogP contribution in [0, 0.1) is 11.3 Å². The van der Waals surface area contributed by atoms with Crippen LogP contribution in [0.5, 0.6) is 17.4 Å². The topological polar surface area (TPSA) is 118 Å². The minimum atomic E-state index is -3.74. The van der Waals surface area contributed by atoms with Gasteiger partial charge in [-0.1, -0.05) is 11.6 Å². The first-order valence-corrected chi connectivity index (χ1v) is 11.0. The van der Waals surface area contributed by atoms with E-state index in [-0.39, 0.29) is 16.5 Å². The van der Waals surface area contributed by atoms with Crippen LogP contribution >= 0.6 is 11.6 Å². The Kier molecular flexibility index (Phi) is 6.44. The lowest BCUT2D eigenvalue weighted by molar-refractivity contribution is 0.0981. The second-order valence-corrected chi connectivity index (χ2v) is 8.49. The molecule has 0 atom stereocenters. The maximum absolute atomic E-state index is 12.4. The Balaban J connectivity index is 2.11. The molecule has 0 saturated carbocycles. The zero-order valence-electron chi connectivity index (χ0n) is 16.4. The molecule has 0 aliphatic carbocycles. The van der Waals surface area contributed by atoms with E-state index in [2.05, 4.69) is 4.98 Å². The Labute approximate surface area is 184 Å². The number of halogens is 1. The number of amides is 1. The Bertz CT molecular complexity index is 1300. The molecule has 158 valence electrons. The van der Waals surface area contributed by atoms with Crippen molar-refractivity contribution in [3.05, 3.63) is 70.9 Å². The number of sulfonamides is 1. The Morgan fingerprint density at radius 3 is 2.58 bits per heavy atom. The molecule has 3 rings (SSSR count). The largest absolute Gasteiger partial charge is 0.481 e. The van der Waals surface area contributed by atoms with Crippen molar-refractivity contribution in [1.29, 1.82) is 5.26 Å². The number of aromatic nitrogens is 1. The summed E-state index contributed by atoms with van der Waals surface area (Å²) in [5.41, 5.74) is 1.35. The third kappa shape index (κ3) is 5.31. The summed E-state index contributed by atoms with van der Waals surface area (Å²) >= 11 is 6.09. The fraction of sp³-hybridized carbons (Fsp3) is 0.0952. The number of pyridine rings is 1. The number of hydrogen-bond acceptors (Lipinski definition) is 7. The summed E-state index contributed by atoms with van der Waals surface area (Å²) < 4.78 is 36.1. The summed E-state index contributed by atoms with van der Waals surface area (Å²) in [5.74, 6) is 0.190. The number of carbonyl (C=O) groups excluding carboxylic acids is 1. The summed E-state index contributed by atoms with van der Waals surface area (Å²) in [5, 5.41) is 9.26. The van der Waals surface area contributed by atoms with Crippen LogP contribution in [0.15, 0.2) is 54.7 Å². The van der Waals surface area contributed by atoms with E-state index in [9.17, 15) is 13.2 Å². The highest BCUT2D eigenvalue weighted by Gasteiger charge is 2.18. The molecule has 0 bridgehead atoms. The van der Waals surface area contributed by atoms with Gasteiger partial charge in [0.05, 0.1) is 24.0 Å². The van der Waals surface area contributed by atoms with Crippen molar-refractivity contribution < 1.29 is 22.7 Å². The molecule has 0 saturated heterocycles. The highest BCUT2D eigenvalue weighted by atomic mass is 35.5. The number of methoxy groups -OCH3 is 1. The number of benzene rings is 2. The van der Waals surface area contributed by atoms with Crippen molar-refractivity contribution in [2.45, 2.75) is 0 Å². The van der Waals surface area contributed by atoms with Gasteiger partial charge in [0.1, 0.15) is 17.6 Å². The predicted octanol–water partition coefficient (Wildman–Crippen LogP) is 3.76. The normalized spacial score (nSPS) is 10.8. The lowest BCUT2D eigenvalue weighted by atomic mass is 10.0. The molecule has 8 nitrogen and oxygen atoms in total. The van der Waals surface area contributed by atoms with Gasteiger partial charge in [0.2, 0.25) is 15.9 Å². The van der Waals surface area contributed by atoms with Crippen LogP contribution in [0.1, 0.15) is 15.9 Å². The average molecular weight is 458 g/mol. The highest BCUT2D eigenvalue weighted by Crippen LogP contribution is 2.38. The quantitative estimate of drug-likeness (QED) is 0.598. The Hall–Kier alpha value is -3.61. The molecule has 0 radical (unpaired) electrons. The molecule has 31 heavy (non-hydrogen) atoms. The molecule has 0 unspecified atom stereocenters. The summed E-state index contributed by atoms with van der Waals surface area (Å²) in [6.07, 6.45) is 2.44. The van der Waals surface area contributed by atoms with Crippen molar-refractivity contribution in [3.8, 4) is 34.6 Å². The number of nitrogens with zero attached hydrogens (tertiary/aromatic N) is 2. The number of hydrogen-bond donors (Lipinski definition) is 1. The molecule has 0 fully saturated rings. The molecular formula is C21H16ClN3O5S. The van der Waals surface area contributed by atoms with Crippen LogP contribution in [0.3, 0.4) is 0 Å². The molecule has 1 amide bonds. The predicted molar refractivity (Wildman–Crippen MR) is 115 cm³/mol. The zero-order valence-corrected chi connectivity index (χ0v) is 18.0. The van der Waals surface area contributed by atoms with E-state index in [0.29, 0.717) is 28.2 Å². The van der Waals surface area contributed by atoms with Crippen LogP contribution < -0.4 is 14.2 Å².